The molecule has 1 N–H and O–H groups in total. The molecule has 0 fully saturated rings. The number of nitrogens with zero attached hydrogens (tertiary/aromatic N) is 2. The number of hydrogen-bond donors (Lipinski definition) is 1. The Hall–Kier alpha value is -1.94. The summed E-state index contributed by atoms with van der Waals surface area (Å²) in [5, 5.41) is 3.10. The topological polar surface area (TPSA) is 47.0 Å². The maximum absolute atomic E-state index is 5.89. The van der Waals surface area contributed by atoms with E-state index in [9.17, 15) is 0 Å². The van der Waals surface area contributed by atoms with Crippen LogP contribution in [0.4, 0.5) is 0 Å². The van der Waals surface area contributed by atoms with Gasteiger partial charge in [-0.05, 0) is 51.4 Å². The molecule has 0 aliphatic heterocycles. The quantitative estimate of drug-likeness (QED) is 0.927. The van der Waals surface area contributed by atoms with Gasteiger partial charge >= 0.3 is 6.01 Å². The normalized spacial score (nSPS) is 10.7. The minimum absolute atomic E-state index is 0.402. The minimum atomic E-state index is 0.402. The maximum atomic E-state index is 5.89. The van der Waals surface area contributed by atoms with Crippen LogP contribution in [-0.4, -0.2) is 17.0 Å². The third kappa shape index (κ3) is 2.96. The van der Waals surface area contributed by atoms with Crippen LogP contribution in [0, 0.1) is 27.7 Å². The van der Waals surface area contributed by atoms with Gasteiger partial charge in [0, 0.05) is 24.0 Å². The first-order valence-corrected chi connectivity index (χ1v) is 6.74. The van der Waals surface area contributed by atoms with Crippen LogP contribution in [0.3, 0.4) is 0 Å². The molecule has 0 saturated carbocycles. The molecule has 4 heteroatoms. The SMILES string of the molecule is CNCc1cnc(Oc2c(C)ccc(C)c2C)nc1C. The van der Waals surface area contributed by atoms with Crippen molar-refractivity contribution in [3.63, 3.8) is 0 Å². The highest BCUT2D eigenvalue weighted by atomic mass is 16.5. The second-order valence-electron chi connectivity index (χ2n) is 5.05. The lowest BCUT2D eigenvalue weighted by molar-refractivity contribution is 0.432. The average molecular weight is 271 g/mol. The summed E-state index contributed by atoms with van der Waals surface area (Å²) in [6.07, 6.45) is 1.81. The van der Waals surface area contributed by atoms with Crippen molar-refractivity contribution in [1.29, 1.82) is 0 Å². The molecule has 1 aromatic heterocycles. The Morgan fingerprint density at radius 2 is 1.80 bits per heavy atom. The first-order chi connectivity index (χ1) is 9.52. The van der Waals surface area contributed by atoms with Crippen molar-refractivity contribution < 1.29 is 4.74 Å². The molecule has 2 aromatic rings. The zero-order valence-corrected chi connectivity index (χ0v) is 12.7. The predicted molar refractivity (Wildman–Crippen MR) is 80.3 cm³/mol. The van der Waals surface area contributed by atoms with Gasteiger partial charge in [0.1, 0.15) is 5.75 Å². The molecule has 20 heavy (non-hydrogen) atoms. The summed E-state index contributed by atoms with van der Waals surface area (Å²) in [5.74, 6) is 0.853. The van der Waals surface area contributed by atoms with Gasteiger partial charge in [-0.3, -0.25) is 0 Å². The molecule has 0 radical (unpaired) electrons. The number of nitrogens with one attached hydrogen (secondary N) is 1. The summed E-state index contributed by atoms with van der Waals surface area (Å²) in [6, 6.07) is 4.55. The number of benzene rings is 1. The molecule has 0 atom stereocenters. The van der Waals surface area contributed by atoms with Gasteiger partial charge in [-0.1, -0.05) is 12.1 Å². The van der Waals surface area contributed by atoms with Crippen LogP contribution in [0.25, 0.3) is 0 Å². The number of ether oxygens (including phenoxy) is 1. The Morgan fingerprint density at radius 1 is 1.10 bits per heavy atom. The van der Waals surface area contributed by atoms with E-state index in [1.165, 1.54) is 5.56 Å². The Bertz CT molecular complexity index is 623. The zero-order chi connectivity index (χ0) is 14.7. The van der Waals surface area contributed by atoms with E-state index in [2.05, 4.69) is 41.3 Å². The smallest absolute Gasteiger partial charge is 0.322 e. The number of aryl methyl sites for hydroxylation is 3. The molecule has 0 spiro atoms. The summed E-state index contributed by atoms with van der Waals surface area (Å²) in [6.45, 7) is 8.89. The predicted octanol–water partition coefficient (Wildman–Crippen LogP) is 3.22. The zero-order valence-electron chi connectivity index (χ0n) is 12.7. The van der Waals surface area contributed by atoms with Crippen LogP contribution in [-0.2, 0) is 6.54 Å². The molecule has 1 aromatic carbocycles. The van der Waals surface area contributed by atoms with Crippen LogP contribution < -0.4 is 10.1 Å². The summed E-state index contributed by atoms with van der Waals surface area (Å²) < 4.78 is 5.89. The van der Waals surface area contributed by atoms with Crippen molar-refractivity contribution in [2.45, 2.75) is 34.2 Å². The first-order valence-electron chi connectivity index (χ1n) is 6.74. The van der Waals surface area contributed by atoms with Crippen molar-refractivity contribution in [3.05, 3.63) is 46.3 Å². The molecule has 1 heterocycles. The van der Waals surface area contributed by atoms with Crippen LogP contribution in [0.2, 0.25) is 0 Å². The maximum Gasteiger partial charge on any atom is 0.322 e. The summed E-state index contributed by atoms with van der Waals surface area (Å²) in [4.78, 5) is 8.72. The minimum Gasteiger partial charge on any atom is -0.424 e. The van der Waals surface area contributed by atoms with E-state index in [1.54, 1.807) is 0 Å². The fourth-order valence-electron chi connectivity index (χ4n) is 2.06. The van der Waals surface area contributed by atoms with Crippen molar-refractivity contribution in [1.82, 2.24) is 15.3 Å². The van der Waals surface area contributed by atoms with Gasteiger partial charge in [-0.2, -0.15) is 4.98 Å². The van der Waals surface area contributed by atoms with Gasteiger partial charge in [0.2, 0.25) is 0 Å². The molecule has 4 nitrogen and oxygen atoms in total. The number of rotatable bonds is 4. The Kier molecular flexibility index (Phi) is 4.35. The average Bonchev–Trinajstić information content (AvgIpc) is 2.42. The molecule has 2 rings (SSSR count). The number of aromatic nitrogens is 2. The van der Waals surface area contributed by atoms with Crippen molar-refractivity contribution >= 4 is 0 Å². The molecule has 0 aliphatic carbocycles. The van der Waals surface area contributed by atoms with Gasteiger partial charge in [-0.15, -0.1) is 0 Å². The van der Waals surface area contributed by atoms with Crippen molar-refractivity contribution in [2.75, 3.05) is 7.05 Å². The third-order valence-corrected chi connectivity index (χ3v) is 3.49. The van der Waals surface area contributed by atoms with Crippen LogP contribution in [0.1, 0.15) is 27.9 Å². The third-order valence-electron chi connectivity index (χ3n) is 3.49. The van der Waals surface area contributed by atoms with Crippen LogP contribution in [0.15, 0.2) is 18.3 Å². The van der Waals surface area contributed by atoms with Gasteiger partial charge in [-0.25, -0.2) is 4.98 Å². The fraction of sp³-hybridized carbons (Fsp3) is 0.375. The highest BCUT2D eigenvalue weighted by Gasteiger charge is 2.10. The molecular formula is C16H21N3O. The van der Waals surface area contributed by atoms with E-state index in [0.717, 1.165) is 34.7 Å². The van der Waals surface area contributed by atoms with E-state index in [4.69, 9.17) is 4.74 Å². The lowest BCUT2D eigenvalue weighted by Crippen LogP contribution is -2.08. The second kappa shape index (κ2) is 6.01. The summed E-state index contributed by atoms with van der Waals surface area (Å²) in [5.41, 5.74) is 5.44. The molecule has 0 amide bonds. The highest BCUT2D eigenvalue weighted by molar-refractivity contribution is 5.45. The van der Waals surface area contributed by atoms with Gasteiger partial charge < -0.3 is 10.1 Å². The van der Waals surface area contributed by atoms with Crippen LogP contribution in [0.5, 0.6) is 11.8 Å². The summed E-state index contributed by atoms with van der Waals surface area (Å²) >= 11 is 0. The van der Waals surface area contributed by atoms with Crippen molar-refractivity contribution in [3.8, 4) is 11.8 Å². The molecule has 0 unspecified atom stereocenters. The molecule has 0 saturated heterocycles. The summed E-state index contributed by atoms with van der Waals surface area (Å²) in [7, 11) is 1.91. The van der Waals surface area contributed by atoms with E-state index in [1.807, 2.05) is 27.1 Å². The standard InChI is InChI=1S/C16H21N3O/c1-10-6-7-11(2)15(12(10)3)20-16-18-9-14(8-17-5)13(4)19-16/h6-7,9,17H,8H2,1-5H3. The monoisotopic (exact) mass is 271 g/mol. The molecule has 0 aliphatic rings. The largest absolute Gasteiger partial charge is 0.424 e. The first kappa shape index (κ1) is 14.5. The van der Waals surface area contributed by atoms with Gasteiger partial charge in [0.05, 0.1) is 0 Å². The van der Waals surface area contributed by atoms with E-state index < -0.39 is 0 Å². The van der Waals surface area contributed by atoms with E-state index in [0.29, 0.717) is 6.01 Å². The fourth-order valence-corrected chi connectivity index (χ4v) is 2.06. The van der Waals surface area contributed by atoms with Gasteiger partial charge in [0.15, 0.2) is 0 Å². The van der Waals surface area contributed by atoms with E-state index >= 15 is 0 Å². The van der Waals surface area contributed by atoms with Gasteiger partial charge in [0.25, 0.3) is 0 Å². The Morgan fingerprint density at radius 3 is 2.45 bits per heavy atom. The number of hydrogen-bond acceptors (Lipinski definition) is 4. The lowest BCUT2D eigenvalue weighted by atomic mass is 10.1. The Labute approximate surface area is 120 Å². The Balaban J connectivity index is 2.31. The molecule has 0 bridgehead atoms. The second-order valence-corrected chi connectivity index (χ2v) is 5.05. The highest BCUT2D eigenvalue weighted by Crippen LogP contribution is 2.29. The molecular weight excluding hydrogens is 250 g/mol. The van der Waals surface area contributed by atoms with Crippen molar-refractivity contribution in [2.24, 2.45) is 0 Å². The van der Waals surface area contributed by atoms with E-state index in [-0.39, 0.29) is 0 Å². The molecule has 106 valence electrons. The van der Waals surface area contributed by atoms with Crippen LogP contribution >= 0.6 is 0 Å². The lowest BCUT2D eigenvalue weighted by Gasteiger charge is -2.13.